The fraction of sp³-hybridized carbons (Fsp3) is 0.400. The van der Waals surface area contributed by atoms with Gasteiger partial charge in [0.2, 0.25) is 5.89 Å². The van der Waals surface area contributed by atoms with Gasteiger partial charge in [0.15, 0.2) is 0 Å². The molecule has 1 unspecified atom stereocenters. The van der Waals surface area contributed by atoms with Crippen LogP contribution in [0.4, 0.5) is 0 Å². The van der Waals surface area contributed by atoms with E-state index < -0.39 is 0 Å². The van der Waals surface area contributed by atoms with Gasteiger partial charge in [-0.25, -0.2) is 4.98 Å². The van der Waals surface area contributed by atoms with Crippen molar-refractivity contribution in [3.63, 3.8) is 0 Å². The molecule has 106 valence electrons. The molecule has 0 amide bonds. The summed E-state index contributed by atoms with van der Waals surface area (Å²) in [6.07, 6.45) is 0.947. The minimum Gasteiger partial charge on any atom is -0.493 e. The number of oxazole rings is 1. The molecular weight excluding hydrogens is 320 g/mol. The Labute approximate surface area is 126 Å². The molecule has 1 N–H and O–H groups in total. The smallest absolute Gasteiger partial charge is 0.208 e. The normalized spacial score (nSPS) is 17.6. The van der Waals surface area contributed by atoms with Crippen molar-refractivity contribution in [2.24, 2.45) is 0 Å². The third-order valence-electron chi connectivity index (χ3n) is 3.58. The highest BCUT2D eigenvalue weighted by atomic mass is 79.9. The molecule has 3 rings (SSSR count). The average molecular weight is 337 g/mol. The zero-order valence-electron chi connectivity index (χ0n) is 11.6. The van der Waals surface area contributed by atoms with Crippen LogP contribution in [0.1, 0.15) is 35.4 Å². The summed E-state index contributed by atoms with van der Waals surface area (Å²) < 4.78 is 12.4. The minimum atomic E-state index is 0.267. The second-order valence-corrected chi connectivity index (χ2v) is 5.92. The second kappa shape index (κ2) is 5.58. The monoisotopic (exact) mass is 336 g/mol. The first-order valence-corrected chi connectivity index (χ1v) is 7.51. The van der Waals surface area contributed by atoms with Crippen molar-refractivity contribution in [1.82, 2.24) is 10.3 Å². The van der Waals surface area contributed by atoms with E-state index in [0.29, 0.717) is 6.54 Å². The first-order chi connectivity index (χ1) is 9.63. The molecule has 0 spiro atoms. The summed E-state index contributed by atoms with van der Waals surface area (Å²) in [5.74, 6) is 2.58. The van der Waals surface area contributed by atoms with Crippen molar-refractivity contribution in [1.29, 1.82) is 0 Å². The number of hydrogen-bond donors (Lipinski definition) is 1. The Morgan fingerprint density at radius 3 is 3.00 bits per heavy atom. The number of hydrogen-bond acceptors (Lipinski definition) is 4. The van der Waals surface area contributed by atoms with Crippen LogP contribution < -0.4 is 10.1 Å². The molecule has 2 heterocycles. The van der Waals surface area contributed by atoms with Gasteiger partial charge in [-0.05, 0) is 32.0 Å². The summed E-state index contributed by atoms with van der Waals surface area (Å²) in [6.45, 7) is 5.26. The van der Waals surface area contributed by atoms with Gasteiger partial charge in [0.1, 0.15) is 11.5 Å². The summed E-state index contributed by atoms with van der Waals surface area (Å²) in [5.41, 5.74) is 2.14. The second-order valence-electron chi connectivity index (χ2n) is 5.00. The largest absolute Gasteiger partial charge is 0.493 e. The van der Waals surface area contributed by atoms with E-state index >= 15 is 0 Å². The number of rotatable bonds is 3. The van der Waals surface area contributed by atoms with Crippen LogP contribution in [0.25, 0.3) is 0 Å². The van der Waals surface area contributed by atoms with Crippen molar-refractivity contribution in [2.45, 2.75) is 32.9 Å². The third kappa shape index (κ3) is 2.74. The van der Waals surface area contributed by atoms with Gasteiger partial charge in [-0.3, -0.25) is 0 Å². The molecule has 0 saturated carbocycles. The first-order valence-electron chi connectivity index (χ1n) is 6.72. The number of halogens is 1. The lowest BCUT2D eigenvalue weighted by atomic mass is 10.0. The Balaban J connectivity index is 1.74. The van der Waals surface area contributed by atoms with Gasteiger partial charge in [-0.1, -0.05) is 15.9 Å². The van der Waals surface area contributed by atoms with Crippen molar-refractivity contribution in [2.75, 3.05) is 6.61 Å². The van der Waals surface area contributed by atoms with Crippen LogP contribution in [0.5, 0.6) is 5.75 Å². The van der Waals surface area contributed by atoms with E-state index in [1.165, 1.54) is 5.56 Å². The highest BCUT2D eigenvalue weighted by molar-refractivity contribution is 9.10. The summed E-state index contributed by atoms with van der Waals surface area (Å²) >= 11 is 3.51. The van der Waals surface area contributed by atoms with Crippen LogP contribution in [-0.4, -0.2) is 11.6 Å². The Morgan fingerprint density at radius 2 is 2.25 bits per heavy atom. The summed E-state index contributed by atoms with van der Waals surface area (Å²) in [4.78, 5) is 4.40. The summed E-state index contributed by atoms with van der Waals surface area (Å²) in [5, 5.41) is 3.50. The Kier molecular flexibility index (Phi) is 3.81. The number of fused-ring (bicyclic) bond motifs is 1. The maximum absolute atomic E-state index is 5.68. The lowest BCUT2D eigenvalue weighted by molar-refractivity contribution is 0.249. The van der Waals surface area contributed by atoms with E-state index in [0.717, 1.165) is 40.6 Å². The first kappa shape index (κ1) is 13.6. The predicted molar refractivity (Wildman–Crippen MR) is 79.8 cm³/mol. The van der Waals surface area contributed by atoms with Crippen LogP contribution in [0, 0.1) is 13.8 Å². The Morgan fingerprint density at radius 1 is 1.40 bits per heavy atom. The van der Waals surface area contributed by atoms with E-state index in [1.807, 2.05) is 26.0 Å². The number of aryl methyl sites for hydroxylation is 2. The zero-order chi connectivity index (χ0) is 14.1. The molecule has 20 heavy (non-hydrogen) atoms. The van der Waals surface area contributed by atoms with Crippen molar-refractivity contribution in [3.05, 3.63) is 45.6 Å². The van der Waals surface area contributed by atoms with Crippen LogP contribution >= 0.6 is 15.9 Å². The van der Waals surface area contributed by atoms with Crippen LogP contribution in [0.2, 0.25) is 0 Å². The van der Waals surface area contributed by atoms with Crippen LogP contribution in [0.3, 0.4) is 0 Å². The molecule has 1 aliphatic rings. The number of benzene rings is 1. The molecule has 0 aliphatic carbocycles. The zero-order valence-corrected chi connectivity index (χ0v) is 13.2. The SMILES string of the molecule is Cc1nc(CNC2CCOc3ccc(Br)cc32)oc1C. The number of aromatic nitrogens is 1. The molecule has 4 nitrogen and oxygen atoms in total. The van der Waals surface area contributed by atoms with Crippen LogP contribution in [-0.2, 0) is 6.54 Å². The molecule has 5 heteroatoms. The molecule has 1 aromatic heterocycles. The summed E-state index contributed by atoms with van der Waals surface area (Å²) in [6, 6.07) is 6.39. The van der Waals surface area contributed by atoms with Gasteiger partial charge < -0.3 is 14.5 Å². The fourth-order valence-corrected chi connectivity index (χ4v) is 2.78. The molecule has 0 bridgehead atoms. The maximum atomic E-state index is 5.68. The molecule has 2 aromatic rings. The Hall–Kier alpha value is -1.33. The molecular formula is C15H17BrN2O2. The minimum absolute atomic E-state index is 0.267. The molecule has 0 saturated heterocycles. The van der Waals surface area contributed by atoms with E-state index in [1.54, 1.807) is 0 Å². The molecule has 1 aromatic carbocycles. The maximum Gasteiger partial charge on any atom is 0.208 e. The highest BCUT2D eigenvalue weighted by Crippen LogP contribution is 2.34. The van der Waals surface area contributed by atoms with Gasteiger partial charge in [-0.2, -0.15) is 0 Å². The van der Waals surface area contributed by atoms with Crippen molar-refractivity contribution >= 4 is 15.9 Å². The average Bonchev–Trinajstić information content (AvgIpc) is 2.75. The fourth-order valence-electron chi connectivity index (χ4n) is 2.40. The highest BCUT2D eigenvalue weighted by Gasteiger charge is 2.21. The standard InChI is InChI=1S/C15H17BrN2O2/c1-9-10(2)20-15(18-9)8-17-13-5-6-19-14-4-3-11(16)7-12(13)14/h3-4,7,13,17H,5-6,8H2,1-2H3. The quantitative estimate of drug-likeness (QED) is 0.928. The van der Waals surface area contributed by atoms with E-state index in [4.69, 9.17) is 9.15 Å². The summed E-state index contributed by atoms with van der Waals surface area (Å²) in [7, 11) is 0. The van der Waals surface area contributed by atoms with Gasteiger partial charge in [0.25, 0.3) is 0 Å². The van der Waals surface area contributed by atoms with Crippen molar-refractivity contribution < 1.29 is 9.15 Å². The molecule has 1 aliphatic heterocycles. The third-order valence-corrected chi connectivity index (χ3v) is 4.08. The van der Waals surface area contributed by atoms with Crippen molar-refractivity contribution in [3.8, 4) is 5.75 Å². The van der Waals surface area contributed by atoms with Gasteiger partial charge in [0.05, 0.1) is 18.8 Å². The van der Waals surface area contributed by atoms with Gasteiger partial charge in [0, 0.05) is 22.5 Å². The topological polar surface area (TPSA) is 47.3 Å². The van der Waals surface area contributed by atoms with E-state index in [-0.39, 0.29) is 6.04 Å². The van der Waals surface area contributed by atoms with Gasteiger partial charge >= 0.3 is 0 Å². The van der Waals surface area contributed by atoms with E-state index in [9.17, 15) is 0 Å². The molecule has 1 atom stereocenters. The van der Waals surface area contributed by atoms with Gasteiger partial charge in [-0.15, -0.1) is 0 Å². The molecule has 0 fully saturated rings. The predicted octanol–water partition coefficient (Wildman–Crippen LogP) is 3.67. The Bertz CT molecular complexity index is 605. The molecule has 0 radical (unpaired) electrons. The van der Waals surface area contributed by atoms with E-state index in [2.05, 4.69) is 32.3 Å². The number of nitrogens with zero attached hydrogens (tertiary/aromatic N) is 1. The number of ether oxygens (including phenoxy) is 1. The lowest BCUT2D eigenvalue weighted by Gasteiger charge is -2.26. The lowest BCUT2D eigenvalue weighted by Crippen LogP contribution is -2.26. The number of nitrogens with one attached hydrogen (secondary N) is 1. The van der Waals surface area contributed by atoms with Crippen LogP contribution in [0.15, 0.2) is 27.1 Å².